The van der Waals surface area contributed by atoms with Crippen LogP contribution in [0.15, 0.2) is 72.9 Å². The molecule has 0 bridgehead atoms. The molecule has 380 valence electrons. The first-order chi connectivity index (χ1) is 32.5. The number of unbranched alkanes of at least 4 members (excludes halogenated alkanes) is 27. The first-order valence-corrected chi connectivity index (χ1v) is 27.9. The van der Waals surface area contributed by atoms with Crippen molar-refractivity contribution in [1.29, 1.82) is 0 Å². The lowest BCUT2D eigenvalue weighted by Crippen LogP contribution is -2.30. The minimum atomic E-state index is -0.786. The van der Waals surface area contributed by atoms with Crippen molar-refractivity contribution in [3.8, 4) is 0 Å². The summed E-state index contributed by atoms with van der Waals surface area (Å²) in [4.78, 5) is 38.1. The summed E-state index contributed by atoms with van der Waals surface area (Å²) < 4.78 is 16.8. The highest BCUT2D eigenvalue weighted by molar-refractivity contribution is 5.71. The lowest BCUT2D eigenvalue weighted by Gasteiger charge is -2.18. The van der Waals surface area contributed by atoms with Gasteiger partial charge in [0.2, 0.25) is 0 Å². The Labute approximate surface area is 408 Å². The Kier molecular flexibility index (Phi) is 51.9. The minimum absolute atomic E-state index is 0.0830. The van der Waals surface area contributed by atoms with E-state index in [9.17, 15) is 14.4 Å². The maximum absolute atomic E-state index is 12.8. The van der Waals surface area contributed by atoms with Crippen LogP contribution in [0.1, 0.15) is 271 Å². The second-order valence-electron chi connectivity index (χ2n) is 18.5. The summed E-state index contributed by atoms with van der Waals surface area (Å²) in [6, 6.07) is 0. The summed E-state index contributed by atoms with van der Waals surface area (Å²) in [6.45, 7) is 6.51. The fourth-order valence-electron chi connectivity index (χ4n) is 7.76. The molecule has 66 heavy (non-hydrogen) atoms. The van der Waals surface area contributed by atoms with Crippen LogP contribution in [0.25, 0.3) is 0 Å². The summed E-state index contributed by atoms with van der Waals surface area (Å²) in [5.41, 5.74) is 0. The summed E-state index contributed by atoms with van der Waals surface area (Å²) in [7, 11) is 0. The second-order valence-corrected chi connectivity index (χ2v) is 18.5. The van der Waals surface area contributed by atoms with Gasteiger partial charge in [-0.25, -0.2) is 0 Å². The Morgan fingerprint density at radius 3 is 0.939 bits per heavy atom. The summed E-state index contributed by atoms with van der Waals surface area (Å²) in [5, 5.41) is 0. The van der Waals surface area contributed by atoms with E-state index >= 15 is 0 Å². The molecule has 1 atom stereocenters. The third-order valence-corrected chi connectivity index (χ3v) is 11.9. The average molecular weight is 921 g/mol. The number of ether oxygens (including phenoxy) is 3. The number of esters is 3. The Balaban J connectivity index is 4.39. The van der Waals surface area contributed by atoms with Crippen LogP contribution in [0, 0.1) is 0 Å². The molecule has 0 spiro atoms. The van der Waals surface area contributed by atoms with Gasteiger partial charge in [-0.3, -0.25) is 14.4 Å². The molecule has 0 aromatic heterocycles. The number of carbonyl (C=O) groups excluding carboxylic acids is 3. The number of hydrogen-bond donors (Lipinski definition) is 0. The van der Waals surface area contributed by atoms with Crippen molar-refractivity contribution < 1.29 is 28.6 Å². The number of hydrogen-bond acceptors (Lipinski definition) is 6. The van der Waals surface area contributed by atoms with Crippen molar-refractivity contribution in [2.24, 2.45) is 0 Å². The van der Waals surface area contributed by atoms with E-state index in [1.807, 2.05) is 0 Å². The van der Waals surface area contributed by atoms with Gasteiger partial charge in [0.15, 0.2) is 6.10 Å². The first kappa shape index (κ1) is 62.8. The van der Waals surface area contributed by atoms with Gasteiger partial charge in [0.1, 0.15) is 13.2 Å². The molecule has 0 rings (SSSR count). The predicted octanol–water partition coefficient (Wildman–Crippen LogP) is 18.6. The summed E-state index contributed by atoms with van der Waals surface area (Å²) >= 11 is 0. The van der Waals surface area contributed by atoms with Gasteiger partial charge in [0.25, 0.3) is 0 Å². The van der Waals surface area contributed by atoms with Crippen LogP contribution in [0.4, 0.5) is 0 Å². The minimum Gasteiger partial charge on any atom is -0.462 e. The molecule has 0 saturated carbocycles. The van der Waals surface area contributed by atoms with E-state index in [0.29, 0.717) is 19.3 Å². The SMILES string of the molecule is CC/C=C\C/C=C\C/C=C\C/C=C\C/C=C\CCCCCCCC(=O)OCC(COC(=O)CCCCCCCCCCCCCC)OC(=O)CCCCCCC/C=C\CCCCCCCC. The average Bonchev–Trinajstić information content (AvgIpc) is 3.31. The number of allylic oxidation sites excluding steroid dienone is 12. The van der Waals surface area contributed by atoms with Gasteiger partial charge in [0, 0.05) is 19.3 Å². The molecule has 0 aliphatic heterocycles. The molecule has 0 radical (unpaired) electrons. The maximum Gasteiger partial charge on any atom is 0.306 e. The molecule has 0 saturated heterocycles. The van der Waals surface area contributed by atoms with Gasteiger partial charge in [-0.1, -0.05) is 235 Å². The van der Waals surface area contributed by atoms with Crippen molar-refractivity contribution >= 4 is 17.9 Å². The largest absolute Gasteiger partial charge is 0.462 e. The maximum atomic E-state index is 12.8. The van der Waals surface area contributed by atoms with E-state index in [2.05, 4.69) is 93.7 Å². The second kappa shape index (κ2) is 54.5. The highest BCUT2D eigenvalue weighted by Gasteiger charge is 2.19. The monoisotopic (exact) mass is 921 g/mol. The van der Waals surface area contributed by atoms with Crippen LogP contribution in [0.3, 0.4) is 0 Å². The third kappa shape index (κ3) is 51.8. The van der Waals surface area contributed by atoms with Gasteiger partial charge in [-0.15, -0.1) is 0 Å². The Morgan fingerprint density at radius 2 is 0.591 bits per heavy atom. The smallest absolute Gasteiger partial charge is 0.306 e. The standard InChI is InChI=1S/C60H104O6/c1-4-7-10-13-16-19-22-25-27-28-29-30-31-32-34-35-38-41-44-47-50-53-59(62)65-56-57(55-64-58(61)52-49-46-43-40-37-24-21-18-15-12-9-6-3)66-60(63)54-51-48-45-42-39-36-33-26-23-20-17-14-11-8-5-2/h7,10,16,19,25-27,29-30,32-34,57H,4-6,8-9,11-15,17-18,20-24,28,31,35-56H2,1-3H3/b10-7-,19-16-,27-25-,30-29-,33-26-,34-32-. The van der Waals surface area contributed by atoms with Crippen molar-refractivity contribution in [2.45, 2.75) is 277 Å². The van der Waals surface area contributed by atoms with Crippen molar-refractivity contribution in [1.82, 2.24) is 0 Å². The normalized spacial score (nSPS) is 12.6. The molecular formula is C60H104O6. The lowest BCUT2D eigenvalue weighted by atomic mass is 10.0. The molecule has 0 N–H and O–H groups in total. The van der Waals surface area contributed by atoms with E-state index in [-0.39, 0.29) is 31.1 Å². The quantitative estimate of drug-likeness (QED) is 0.0262. The van der Waals surface area contributed by atoms with E-state index in [4.69, 9.17) is 14.2 Å². The van der Waals surface area contributed by atoms with Gasteiger partial charge in [-0.2, -0.15) is 0 Å². The Hall–Kier alpha value is -3.15. The molecule has 0 amide bonds. The van der Waals surface area contributed by atoms with E-state index in [1.54, 1.807) is 0 Å². The zero-order chi connectivity index (χ0) is 47.9. The zero-order valence-corrected chi connectivity index (χ0v) is 43.4. The van der Waals surface area contributed by atoms with Crippen LogP contribution in [0.5, 0.6) is 0 Å². The molecule has 0 aliphatic rings. The highest BCUT2D eigenvalue weighted by atomic mass is 16.6. The first-order valence-electron chi connectivity index (χ1n) is 27.9. The Morgan fingerprint density at radius 1 is 0.318 bits per heavy atom. The van der Waals surface area contributed by atoms with E-state index in [1.165, 1.54) is 109 Å². The summed E-state index contributed by atoms with van der Waals surface area (Å²) in [5.74, 6) is -0.904. The van der Waals surface area contributed by atoms with Gasteiger partial charge < -0.3 is 14.2 Å². The van der Waals surface area contributed by atoms with Crippen molar-refractivity contribution in [3.63, 3.8) is 0 Å². The van der Waals surface area contributed by atoms with Crippen molar-refractivity contribution in [2.75, 3.05) is 13.2 Å². The lowest BCUT2D eigenvalue weighted by molar-refractivity contribution is -0.167. The van der Waals surface area contributed by atoms with Gasteiger partial charge in [-0.05, 0) is 89.9 Å². The van der Waals surface area contributed by atoms with Crippen LogP contribution >= 0.6 is 0 Å². The van der Waals surface area contributed by atoms with Crippen LogP contribution in [-0.2, 0) is 28.6 Å². The molecule has 0 aromatic carbocycles. The van der Waals surface area contributed by atoms with Crippen LogP contribution < -0.4 is 0 Å². The predicted molar refractivity (Wildman–Crippen MR) is 284 cm³/mol. The molecule has 1 unspecified atom stereocenters. The highest BCUT2D eigenvalue weighted by Crippen LogP contribution is 2.15. The van der Waals surface area contributed by atoms with Gasteiger partial charge in [0.05, 0.1) is 0 Å². The number of carbonyl (C=O) groups is 3. The van der Waals surface area contributed by atoms with E-state index < -0.39 is 6.10 Å². The molecule has 0 aromatic rings. The van der Waals surface area contributed by atoms with Gasteiger partial charge >= 0.3 is 17.9 Å². The fraction of sp³-hybridized carbons (Fsp3) is 0.750. The summed E-state index contributed by atoms with van der Waals surface area (Å²) in [6.07, 6.45) is 68.8. The van der Waals surface area contributed by atoms with E-state index in [0.717, 1.165) is 122 Å². The molecule has 0 heterocycles. The van der Waals surface area contributed by atoms with Crippen molar-refractivity contribution in [3.05, 3.63) is 72.9 Å². The molecule has 0 aliphatic carbocycles. The molecule has 6 heteroatoms. The van der Waals surface area contributed by atoms with Crippen LogP contribution in [0.2, 0.25) is 0 Å². The third-order valence-electron chi connectivity index (χ3n) is 11.9. The molecule has 6 nitrogen and oxygen atoms in total. The van der Waals surface area contributed by atoms with Crippen LogP contribution in [-0.4, -0.2) is 37.2 Å². The molecule has 0 fully saturated rings. The number of rotatable bonds is 50. The Bertz CT molecular complexity index is 1240. The topological polar surface area (TPSA) is 78.9 Å². The fourth-order valence-corrected chi connectivity index (χ4v) is 7.76. The molecular weight excluding hydrogens is 817 g/mol. The zero-order valence-electron chi connectivity index (χ0n) is 43.4.